The van der Waals surface area contributed by atoms with E-state index in [4.69, 9.17) is 0 Å². The summed E-state index contributed by atoms with van der Waals surface area (Å²) in [6, 6.07) is 4.23. The number of aliphatic imine (C=N–C) groups is 1. The molecule has 0 atom stereocenters. The summed E-state index contributed by atoms with van der Waals surface area (Å²) in [7, 11) is 3.62. The number of aryl methyl sites for hydroxylation is 1. The van der Waals surface area contributed by atoms with Crippen molar-refractivity contribution in [2.45, 2.75) is 20.0 Å². The van der Waals surface area contributed by atoms with Gasteiger partial charge in [0.05, 0.1) is 6.54 Å². The van der Waals surface area contributed by atoms with Crippen LogP contribution in [0, 0.1) is 0 Å². The summed E-state index contributed by atoms with van der Waals surface area (Å²) >= 11 is 0. The SMILES string of the molecule is CCN1CCN(c2ccc(CNC(=NC)NCc3ncnn3C)cn2)CC1. The van der Waals surface area contributed by atoms with Crippen LogP contribution in [0.15, 0.2) is 29.6 Å². The molecule has 3 rings (SSSR count). The van der Waals surface area contributed by atoms with Gasteiger partial charge in [0, 0.05) is 53.0 Å². The highest BCUT2D eigenvalue weighted by molar-refractivity contribution is 5.79. The topological polar surface area (TPSA) is 86.5 Å². The molecule has 3 heterocycles. The fraction of sp³-hybridized carbons (Fsp3) is 0.556. The van der Waals surface area contributed by atoms with Gasteiger partial charge in [0.2, 0.25) is 0 Å². The van der Waals surface area contributed by atoms with Crippen molar-refractivity contribution < 1.29 is 0 Å². The van der Waals surface area contributed by atoms with E-state index in [-0.39, 0.29) is 0 Å². The van der Waals surface area contributed by atoms with Gasteiger partial charge in [-0.2, -0.15) is 5.10 Å². The lowest BCUT2D eigenvalue weighted by Gasteiger charge is -2.34. The highest BCUT2D eigenvalue weighted by Crippen LogP contribution is 2.14. The smallest absolute Gasteiger partial charge is 0.191 e. The first kappa shape index (κ1) is 19.1. The van der Waals surface area contributed by atoms with Gasteiger partial charge >= 0.3 is 0 Å². The first-order valence-corrected chi connectivity index (χ1v) is 9.39. The summed E-state index contributed by atoms with van der Waals surface area (Å²) in [6.45, 7) is 8.86. The molecule has 1 aliphatic heterocycles. The third-order valence-corrected chi connectivity index (χ3v) is 4.86. The van der Waals surface area contributed by atoms with E-state index in [1.807, 2.05) is 13.2 Å². The van der Waals surface area contributed by atoms with Crippen LogP contribution in [0.25, 0.3) is 0 Å². The number of pyridine rings is 1. The monoisotopic (exact) mass is 371 g/mol. The van der Waals surface area contributed by atoms with E-state index in [1.165, 1.54) is 0 Å². The highest BCUT2D eigenvalue weighted by atomic mass is 15.3. The average molecular weight is 371 g/mol. The van der Waals surface area contributed by atoms with Gasteiger partial charge in [0.1, 0.15) is 18.0 Å². The van der Waals surface area contributed by atoms with Crippen molar-refractivity contribution >= 4 is 11.8 Å². The highest BCUT2D eigenvalue weighted by Gasteiger charge is 2.16. The number of hydrogen-bond acceptors (Lipinski definition) is 6. The van der Waals surface area contributed by atoms with Crippen LogP contribution in [0.4, 0.5) is 5.82 Å². The molecule has 9 nitrogen and oxygen atoms in total. The second kappa shape index (κ2) is 9.31. The summed E-state index contributed by atoms with van der Waals surface area (Å²) < 4.78 is 1.74. The molecule has 1 fully saturated rings. The standard InChI is InChI=1S/C18H29N9/c1-4-26-7-9-27(10-8-26)16-6-5-15(11-20-16)12-21-18(19-2)22-13-17-23-14-24-25(17)3/h5-6,11,14H,4,7-10,12-13H2,1-3H3,(H2,19,21,22). The minimum atomic E-state index is 0.567. The lowest BCUT2D eigenvalue weighted by atomic mass is 10.2. The zero-order valence-electron chi connectivity index (χ0n) is 16.4. The maximum atomic E-state index is 4.64. The molecule has 0 aromatic carbocycles. The predicted molar refractivity (Wildman–Crippen MR) is 107 cm³/mol. The second-order valence-electron chi connectivity index (χ2n) is 6.53. The van der Waals surface area contributed by atoms with Crippen LogP contribution < -0.4 is 15.5 Å². The summed E-state index contributed by atoms with van der Waals surface area (Å²) in [4.78, 5) is 17.9. The van der Waals surface area contributed by atoms with Gasteiger partial charge in [-0.25, -0.2) is 9.97 Å². The van der Waals surface area contributed by atoms with E-state index in [1.54, 1.807) is 18.1 Å². The number of nitrogens with one attached hydrogen (secondary N) is 2. The molecular formula is C18H29N9. The fourth-order valence-electron chi connectivity index (χ4n) is 3.05. The molecule has 0 amide bonds. The van der Waals surface area contributed by atoms with Gasteiger partial charge in [0.25, 0.3) is 0 Å². The summed E-state index contributed by atoms with van der Waals surface area (Å²) in [5.74, 6) is 2.63. The van der Waals surface area contributed by atoms with Gasteiger partial charge in [-0.1, -0.05) is 13.0 Å². The zero-order valence-corrected chi connectivity index (χ0v) is 16.4. The largest absolute Gasteiger partial charge is 0.354 e. The van der Waals surface area contributed by atoms with E-state index >= 15 is 0 Å². The van der Waals surface area contributed by atoms with Crippen molar-refractivity contribution in [3.63, 3.8) is 0 Å². The molecule has 0 bridgehead atoms. The quantitative estimate of drug-likeness (QED) is 0.555. The molecule has 9 heteroatoms. The van der Waals surface area contributed by atoms with Crippen molar-refractivity contribution in [2.24, 2.45) is 12.0 Å². The van der Waals surface area contributed by atoms with Crippen molar-refractivity contribution in [3.05, 3.63) is 36.0 Å². The average Bonchev–Trinajstić information content (AvgIpc) is 3.13. The Balaban J connectivity index is 1.47. The van der Waals surface area contributed by atoms with Crippen LogP contribution in [-0.4, -0.2) is 70.4 Å². The predicted octanol–water partition coefficient (Wildman–Crippen LogP) is 0.217. The van der Waals surface area contributed by atoms with Crippen molar-refractivity contribution in [2.75, 3.05) is 44.7 Å². The Morgan fingerprint density at radius 3 is 2.48 bits per heavy atom. The third kappa shape index (κ3) is 5.16. The minimum absolute atomic E-state index is 0.567. The molecule has 2 aromatic heterocycles. The molecule has 2 aromatic rings. The molecular weight excluding hydrogens is 342 g/mol. The zero-order chi connectivity index (χ0) is 19.1. The number of hydrogen-bond donors (Lipinski definition) is 2. The summed E-state index contributed by atoms with van der Waals surface area (Å²) in [5, 5.41) is 10.6. The normalized spacial score (nSPS) is 15.8. The minimum Gasteiger partial charge on any atom is -0.354 e. The Labute approximate surface area is 160 Å². The van der Waals surface area contributed by atoms with Crippen LogP contribution in [0.2, 0.25) is 0 Å². The number of aromatic nitrogens is 4. The van der Waals surface area contributed by atoms with Crippen molar-refractivity contribution in [1.82, 2.24) is 35.3 Å². The second-order valence-corrected chi connectivity index (χ2v) is 6.53. The number of likely N-dealkylation sites (N-methyl/N-ethyl adjacent to an activating group) is 1. The van der Waals surface area contributed by atoms with Crippen molar-refractivity contribution in [1.29, 1.82) is 0 Å². The van der Waals surface area contributed by atoms with Gasteiger partial charge in [0.15, 0.2) is 5.96 Å². The van der Waals surface area contributed by atoms with Crippen LogP contribution in [0.1, 0.15) is 18.3 Å². The molecule has 2 N–H and O–H groups in total. The van der Waals surface area contributed by atoms with E-state index in [0.29, 0.717) is 13.1 Å². The molecule has 0 saturated carbocycles. The third-order valence-electron chi connectivity index (χ3n) is 4.86. The van der Waals surface area contributed by atoms with Crippen LogP contribution >= 0.6 is 0 Å². The summed E-state index contributed by atoms with van der Waals surface area (Å²) in [5.41, 5.74) is 1.12. The Kier molecular flexibility index (Phi) is 6.59. The number of guanidine groups is 1. The molecule has 0 spiro atoms. The van der Waals surface area contributed by atoms with E-state index in [0.717, 1.165) is 55.9 Å². The van der Waals surface area contributed by atoms with Gasteiger partial charge in [-0.15, -0.1) is 0 Å². The molecule has 0 aliphatic carbocycles. The number of nitrogens with zero attached hydrogens (tertiary/aromatic N) is 7. The Hall–Kier alpha value is -2.68. The fourth-order valence-corrected chi connectivity index (χ4v) is 3.05. The van der Waals surface area contributed by atoms with E-state index < -0.39 is 0 Å². The lowest BCUT2D eigenvalue weighted by molar-refractivity contribution is 0.270. The Morgan fingerprint density at radius 1 is 1.11 bits per heavy atom. The number of anilines is 1. The molecule has 0 unspecified atom stereocenters. The first-order chi connectivity index (χ1) is 13.2. The number of piperazine rings is 1. The molecule has 146 valence electrons. The molecule has 1 aliphatic rings. The molecule has 27 heavy (non-hydrogen) atoms. The van der Waals surface area contributed by atoms with Crippen LogP contribution in [-0.2, 0) is 20.1 Å². The summed E-state index contributed by atoms with van der Waals surface area (Å²) in [6.07, 6.45) is 3.48. The Bertz CT molecular complexity index is 730. The maximum absolute atomic E-state index is 4.64. The van der Waals surface area contributed by atoms with Gasteiger partial charge in [-0.05, 0) is 18.2 Å². The first-order valence-electron chi connectivity index (χ1n) is 9.39. The van der Waals surface area contributed by atoms with E-state index in [9.17, 15) is 0 Å². The number of rotatable bonds is 6. The molecule has 1 saturated heterocycles. The maximum Gasteiger partial charge on any atom is 0.191 e. The van der Waals surface area contributed by atoms with Crippen LogP contribution in [0.5, 0.6) is 0 Å². The van der Waals surface area contributed by atoms with Crippen LogP contribution in [0.3, 0.4) is 0 Å². The molecule has 0 radical (unpaired) electrons. The Morgan fingerprint density at radius 2 is 1.89 bits per heavy atom. The van der Waals surface area contributed by atoms with Gasteiger partial charge in [-0.3, -0.25) is 9.67 Å². The van der Waals surface area contributed by atoms with Crippen molar-refractivity contribution in [3.8, 4) is 0 Å². The van der Waals surface area contributed by atoms with E-state index in [2.05, 4.69) is 59.5 Å². The van der Waals surface area contributed by atoms with Gasteiger partial charge < -0.3 is 20.4 Å². The lowest BCUT2D eigenvalue weighted by Crippen LogP contribution is -2.46.